The van der Waals surface area contributed by atoms with Crippen LogP contribution in [0, 0.1) is 11.8 Å². The number of nitrogens with one attached hydrogen (secondary N) is 1. The Morgan fingerprint density at radius 1 is 1.42 bits per heavy atom. The summed E-state index contributed by atoms with van der Waals surface area (Å²) in [5.41, 5.74) is 0. The van der Waals surface area contributed by atoms with Gasteiger partial charge in [0.1, 0.15) is 0 Å². The van der Waals surface area contributed by atoms with Gasteiger partial charge in [-0.1, -0.05) is 6.92 Å². The van der Waals surface area contributed by atoms with Crippen LogP contribution in [-0.4, -0.2) is 37.1 Å². The fourth-order valence-corrected chi connectivity index (χ4v) is 2.11. The Bertz CT molecular complexity index is 158. The molecule has 0 amide bonds. The molecule has 0 radical (unpaired) electrons. The highest BCUT2D eigenvalue weighted by molar-refractivity contribution is 4.88. The van der Waals surface area contributed by atoms with Crippen LogP contribution in [0.2, 0.25) is 0 Å². The molecule has 0 aromatic carbocycles. The lowest BCUT2D eigenvalue weighted by molar-refractivity contribution is 0.164. The van der Waals surface area contributed by atoms with Gasteiger partial charge >= 0.3 is 0 Å². The first-order valence-electron chi connectivity index (χ1n) is 5.22. The van der Waals surface area contributed by atoms with Crippen molar-refractivity contribution >= 4 is 0 Å². The molecule has 1 heterocycles. The second-order valence-corrected chi connectivity index (χ2v) is 4.52. The normalized spacial score (nSPS) is 43.0. The number of hydrogen-bond donors (Lipinski definition) is 1. The van der Waals surface area contributed by atoms with Gasteiger partial charge in [-0.15, -0.1) is 0 Å². The third-order valence-corrected chi connectivity index (χ3v) is 3.38. The smallest absolute Gasteiger partial charge is 0.0193 e. The minimum atomic E-state index is 0.756. The van der Waals surface area contributed by atoms with E-state index in [1.54, 1.807) is 0 Å². The summed E-state index contributed by atoms with van der Waals surface area (Å²) in [5.74, 6) is 2.03. The van der Waals surface area contributed by atoms with Crippen LogP contribution in [0.15, 0.2) is 0 Å². The van der Waals surface area contributed by atoms with E-state index >= 15 is 0 Å². The van der Waals surface area contributed by atoms with Crippen LogP contribution in [0.5, 0.6) is 0 Å². The monoisotopic (exact) mass is 168 g/mol. The minimum Gasteiger partial charge on any atom is -0.314 e. The third kappa shape index (κ3) is 1.80. The van der Waals surface area contributed by atoms with Crippen LogP contribution in [0.25, 0.3) is 0 Å². The Hall–Kier alpha value is -0.0800. The van der Waals surface area contributed by atoms with E-state index in [1.165, 1.54) is 32.6 Å². The number of piperazine rings is 1. The zero-order valence-corrected chi connectivity index (χ0v) is 8.21. The van der Waals surface area contributed by atoms with E-state index in [0.717, 1.165) is 17.9 Å². The van der Waals surface area contributed by atoms with Gasteiger partial charge in [0, 0.05) is 32.2 Å². The predicted molar refractivity (Wildman–Crippen MR) is 51.2 cm³/mol. The molecule has 2 fully saturated rings. The second-order valence-electron chi connectivity index (χ2n) is 4.52. The lowest BCUT2D eigenvalue weighted by Gasteiger charge is -2.34. The van der Waals surface area contributed by atoms with Gasteiger partial charge < -0.3 is 5.32 Å². The summed E-state index contributed by atoms with van der Waals surface area (Å²) >= 11 is 0. The molecular formula is C10H20N2. The van der Waals surface area contributed by atoms with Crippen LogP contribution in [-0.2, 0) is 0 Å². The fraction of sp³-hybridized carbons (Fsp3) is 1.00. The van der Waals surface area contributed by atoms with E-state index in [0.29, 0.717) is 0 Å². The van der Waals surface area contributed by atoms with E-state index < -0.39 is 0 Å². The summed E-state index contributed by atoms with van der Waals surface area (Å²) < 4.78 is 0. The van der Waals surface area contributed by atoms with Crippen LogP contribution >= 0.6 is 0 Å². The highest BCUT2D eigenvalue weighted by atomic mass is 15.2. The Labute approximate surface area is 75.3 Å². The molecule has 2 unspecified atom stereocenters. The predicted octanol–water partition coefficient (Wildman–Crippen LogP) is 0.936. The van der Waals surface area contributed by atoms with Gasteiger partial charge in [0.15, 0.2) is 0 Å². The number of rotatable bonds is 2. The fourth-order valence-electron chi connectivity index (χ4n) is 2.11. The first-order chi connectivity index (χ1) is 5.77. The highest BCUT2D eigenvalue weighted by Crippen LogP contribution is 2.38. The van der Waals surface area contributed by atoms with Crippen molar-refractivity contribution in [2.24, 2.45) is 11.8 Å². The molecule has 12 heavy (non-hydrogen) atoms. The number of hydrogen-bond acceptors (Lipinski definition) is 2. The van der Waals surface area contributed by atoms with Crippen LogP contribution in [0.1, 0.15) is 20.3 Å². The molecular weight excluding hydrogens is 148 g/mol. The average Bonchev–Trinajstić information content (AvgIpc) is 2.72. The molecule has 2 nitrogen and oxygen atoms in total. The Morgan fingerprint density at radius 3 is 2.75 bits per heavy atom. The largest absolute Gasteiger partial charge is 0.314 e. The minimum absolute atomic E-state index is 0.756. The molecule has 0 spiro atoms. The summed E-state index contributed by atoms with van der Waals surface area (Å²) in [6.45, 7) is 9.68. The number of nitrogens with zero attached hydrogens (tertiary/aromatic N) is 1. The van der Waals surface area contributed by atoms with Crippen molar-refractivity contribution in [3.8, 4) is 0 Å². The molecule has 1 aliphatic carbocycles. The molecule has 0 bridgehead atoms. The maximum atomic E-state index is 3.43. The van der Waals surface area contributed by atoms with E-state index in [1.807, 2.05) is 0 Å². The molecule has 3 atom stereocenters. The lowest BCUT2D eigenvalue weighted by atomic mass is 10.2. The van der Waals surface area contributed by atoms with E-state index in [9.17, 15) is 0 Å². The van der Waals surface area contributed by atoms with Crippen molar-refractivity contribution < 1.29 is 0 Å². The van der Waals surface area contributed by atoms with Crippen molar-refractivity contribution in [1.29, 1.82) is 0 Å². The molecule has 0 aromatic heterocycles. The Morgan fingerprint density at radius 2 is 2.17 bits per heavy atom. The van der Waals surface area contributed by atoms with Gasteiger partial charge in [0.25, 0.3) is 0 Å². The van der Waals surface area contributed by atoms with Gasteiger partial charge in [0.2, 0.25) is 0 Å². The first-order valence-corrected chi connectivity index (χ1v) is 5.22. The molecule has 2 rings (SSSR count). The maximum Gasteiger partial charge on any atom is 0.0193 e. The Balaban J connectivity index is 1.77. The molecule has 1 saturated carbocycles. The SMILES string of the molecule is CC1CC1CN1CCNC[C@@H]1C. The van der Waals surface area contributed by atoms with Crippen molar-refractivity contribution in [3.63, 3.8) is 0 Å². The van der Waals surface area contributed by atoms with E-state index in [4.69, 9.17) is 0 Å². The van der Waals surface area contributed by atoms with E-state index in [-0.39, 0.29) is 0 Å². The van der Waals surface area contributed by atoms with Crippen molar-refractivity contribution in [2.75, 3.05) is 26.2 Å². The van der Waals surface area contributed by atoms with Gasteiger partial charge in [-0.25, -0.2) is 0 Å². The van der Waals surface area contributed by atoms with Gasteiger partial charge in [-0.05, 0) is 25.2 Å². The summed E-state index contributed by atoms with van der Waals surface area (Å²) in [5, 5.41) is 3.43. The van der Waals surface area contributed by atoms with Crippen LogP contribution in [0.3, 0.4) is 0 Å². The molecule has 1 saturated heterocycles. The van der Waals surface area contributed by atoms with Crippen LogP contribution in [0.4, 0.5) is 0 Å². The molecule has 1 aliphatic heterocycles. The second kappa shape index (κ2) is 3.35. The summed E-state index contributed by atoms with van der Waals surface area (Å²) in [4.78, 5) is 2.64. The molecule has 0 aromatic rings. The highest BCUT2D eigenvalue weighted by Gasteiger charge is 2.35. The van der Waals surface area contributed by atoms with Gasteiger partial charge in [-0.3, -0.25) is 4.90 Å². The van der Waals surface area contributed by atoms with Crippen molar-refractivity contribution in [3.05, 3.63) is 0 Å². The molecule has 1 N–H and O–H groups in total. The van der Waals surface area contributed by atoms with Gasteiger partial charge in [-0.2, -0.15) is 0 Å². The third-order valence-electron chi connectivity index (χ3n) is 3.38. The molecule has 2 aliphatic rings. The quantitative estimate of drug-likeness (QED) is 0.660. The molecule has 70 valence electrons. The lowest BCUT2D eigenvalue weighted by Crippen LogP contribution is -2.50. The van der Waals surface area contributed by atoms with Crippen molar-refractivity contribution in [2.45, 2.75) is 26.3 Å². The Kier molecular flexibility index (Phi) is 2.37. The maximum absolute atomic E-state index is 3.43. The zero-order valence-electron chi connectivity index (χ0n) is 8.21. The summed E-state index contributed by atoms with van der Waals surface area (Å²) in [7, 11) is 0. The van der Waals surface area contributed by atoms with E-state index in [2.05, 4.69) is 24.1 Å². The van der Waals surface area contributed by atoms with Crippen molar-refractivity contribution in [1.82, 2.24) is 10.2 Å². The first kappa shape index (κ1) is 8.52. The van der Waals surface area contributed by atoms with Crippen LogP contribution < -0.4 is 5.32 Å². The standard InChI is InChI=1S/C10H20N2/c1-8-5-10(8)7-12-4-3-11-6-9(12)2/h8-11H,3-7H2,1-2H3/t8?,9-,10?/m0/s1. The topological polar surface area (TPSA) is 15.3 Å². The molecule has 2 heteroatoms. The zero-order chi connectivity index (χ0) is 8.55. The summed E-state index contributed by atoms with van der Waals surface area (Å²) in [6.07, 6.45) is 1.47. The average molecular weight is 168 g/mol. The summed E-state index contributed by atoms with van der Waals surface area (Å²) in [6, 6.07) is 0.756. The van der Waals surface area contributed by atoms with Gasteiger partial charge in [0.05, 0.1) is 0 Å².